The average molecular weight is 983 g/mol. The summed E-state index contributed by atoms with van der Waals surface area (Å²) in [6.07, 6.45) is 51.1. The summed E-state index contributed by atoms with van der Waals surface area (Å²) < 4.78 is 39.4. The van der Waals surface area contributed by atoms with E-state index < -0.39 is 57.8 Å². The molecule has 3 atom stereocenters. The van der Waals surface area contributed by atoms with Crippen LogP contribution in [0.4, 0.5) is 0 Å². The predicted octanol–water partition coefficient (Wildman–Crippen LogP) is 16.0. The summed E-state index contributed by atoms with van der Waals surface area (Å²) in [6.45, 7) is 4.58. The first-order chi connectivity index (χ1) is 33.2. The molecule has 0 aromatic carbocycles. The van der Waals surface area contributed by atoms with Gasteiger partial charge in [-0.3, -0.25) is 23.4 Å². The molecule has 0 aliphatic rings. The fraction of sp³-hybridized carbons (Fsp3) is 0.839. The second-order valence-corrected chi connectivity index (χ2v) is 20.2. The molecule has 0 aromatic rings. The Morgan fingerprint density at radius 1 is 0.412 bits per heavy atom. The van der Waals surface area contributed by atoms with Gasteiger partial charge in [0.15, 0.2) is 6.10 Å². The number of carbonyl (C=O) groups excluding carboxylic acids is 3. The highest BCUT2D eigenvalue weighted by Gasteiger charge is 2.28. The molecule has 11 nitrogen and oxygen atoms in total. The van der Waals surface area contributed by atoms with Gasteiger partial charge in [0, 0.05) is 19.3 Å². The zero-order valence-electron chi connectivity index (χ0n) is 43.8. The van der Waals surface area contributed by atoms with E-state index in [1.165, 1.54) is 116 Å². The molecule has 0 saturated heterocycles. The second kappa shape index (κ2) is 51.1. The third-order valence-corrected chi connectivity index (χ3v) is 13.0. The summed E-state index contributed by atoms with van der Waals surface area (Å²) in [4.78, 5) is 48.4. The molecule has 0 aromatic heterocycles. The fourth-order valence-corrected chi connectivity index (χ4v) is 8.50. The number of hydrogen-bond donors (Lipinski definition) is 2. The van der Waals surface area contributed by atoms with Crippen LogP contribution in [0.2, 0.25) is 0 Å². The summed E-state index contributed by atoms with van der Waals surface area (Å²) in [7, 11) is -4.74. The lowest BCUT2D eigenvalue weighted by Gasteiger charge is -2.21. The number of rotatable bonds is 52. The third kappa shape index (κ3) is 48.7. The van der Waals surface area contributed by atoms with Gasteiger partial charge in [0.05, 0.1) is 19.8 Å². The Bertz CT molecular complexity index is 1280. The molecule has 0 heterocycles. The quantitative estimate of drug-likeness (QED) is 0.0197. The van der Waals surface area contributed by atoms with E-state index in [9.17, 15) is 28.9 Å². The van der Waals surface area contributed by atoms with Crippen molar-refractivity contribution in [3.63, 3.8) is 0 Å². The number of phosphoric acid groups is 1. The summed E-state index contributed by atoms with van der Waals surface area (Å²) in [5, 5.41) is 9.77. The van der Waals surface area contributed by atoms with Crippen LogP contribution in [-0.2, 0) is 42.2 Å². The van der Waals surface area contributed by atoms with Gasteiger partial charge in [-0.1, -0.05) is 211 Å². The Kier molecular flexibility index (Phi) is 49.3. The van der Waals surface area contributed by atoms with Crippen molar-refractivity contribution in [2.45, 2.75) is 277 Å². The van der Waals surface area contributed by atoms with E-state index in [0.29, 0.717) is 19.3 Å². The molecule has 0 radical (unpaired) electrons. The SMILES string of the molecule is CCCC/C=C\CCCCCCCC(=O)OC(CO)COP(=O)(O)OCC(COC(=O)CCCCCCCCCCCCC)OC(=O)CCCCCCCCCCC/C=C\C/C=C\CCCCC. The van der Waals surface area contributed by atoms with Crippen LogP contribution in [0.25, 0.3) is 0 Å². The molecule has 0 aliphatic carbocycles. The largest absolute Gasteiger partial charge is 0.472 e. The predicted molar refractivity (Wildman–Crippen MR) is 279 cm³/mol. The van der Waals surface area contributed by atoms with Crippen molar-refractivity contribution >= 4 is 25.7 Å². The molecule has 0 amide bonds. The van der Waals surface area contributed by atoms with Crippen LogP contribution in [0.3, 0.4) is 0 Å². The minimum Gasteiger partial charge on any atom is -0.462 e. The maximum absolute atomic E-state index is 12.9. The first-order valence-electron chi connectivity index (χ1n) is 27.9. The van der Waals surface area contributed by atoms with Gasteiger partial charge in [-0.2, -0.15) is 0 Å². The average Bonchev–Trinajstić information content (AvgIpc) is 3.32. The number of hydrogen-bond acceptors (Lipinski definition) is 10. The van der Waals surface area contributed by atoms with Crippen molar-refractivity contribution in [3.8, 4) is 0 Å². The lowest BCUT2D eigenvalue weighted by Crippen LogP contribution is -2.30. The maximum Gasteiger partial charge on any atom is 0.472 e. The van der Waals surface area contributed by atoms with Gasteiger partial charge >= 0.3 is 25.7 Å². The monoisotopic (exact) mass is 983 g/mol. The molecular weight excluding hydrogens is 880 g/mol. The van der Waals surface area contributed by atoms with Crippen LogP contribution in [0.5, 0.6) is 0 Å². The van der Waals surface area contributed by atoms with Crippen molar-refractivity contribution in [1.29, 1.82) is 0 Å². The lowest BCUT2D eigenvalue weighted by molar-refractivity contribution is -0.161. The van der Waals surface area contributed by atoms with E-state index in [1.807, 2.05) is 0 Å². The third-order valence-electron chi connectivity index (χ3n) is 12.0. The number of aliphatic hydroxyl groups excluding tert-OH is 1. The smallest absolute Gasteiger partial charge is 0.462 e. The molecule has 0 saturated carbocycles. The zero-order chi connectivity index (χ0) is 49.9. The molecule has 0 aliphatic heterocycles. The number of unbranched alkanes of at least 4 members (excludes halogenated alkanes) is 29. The maximum atomic E-state index is 12.9. The van der Waals surface area contributed by atoms with Crippen LogP contribution < -0.4 is 0 Å². The molecule has 0 fully saturated rings. The van der Waals surface area contributed by atoms with Gasteiger partial charge in [0.25, 0.3) is 0 Å². The number of carbonyl (C=O) groups is 3. The fourth-order valence-electron chi connectivity index (χ4n) is 7.72. The van der Waals surface area contributed by atoms with E-state index in [4.69, 9.17) is 23.3 Å². The van der Waals surface area contributed by atoms with E-state index in [1.54, 1.807) is 0 Å². The van der Waals surface area contributed by atoms with Crippen LogP contribution >= 0.6 is 7.82 Å². The summed E-state index contributed by atoms with van der Waals surface area (Å²) in [5.41, 5.74) is 0. The molecule has 3 unspecified atom stereocenters. The Labute approximate surface area is 416 Å². The first kappa shape index (κ1) is 65.7. The van der Waals surface area contributed by atoms with Crippen molar-refractivity contribution in [3.05, 3.63) is 36.5 Å². The molecule has 0 spiro atoms. The highest BCUT2D eigenvalue weighted by atomic mass is 31.2. The molecule has 68 heavy (non-hydrogen) atoms. The highest BCUT2D eigenvalue weighted by molar-refractivity contribution is 7.47. The minimum absolute atomic E-state index is 0.166. The van der Waals surface area contributed by atoms with Crippen molar-refractivity contribution in [2.24, 2.45) is 0 Å². The van der Waals surface area contributed by atoms with Crippen LogP contribution in [0.15, 0.2) is 36.5 Å². The van der Waals surface area contributed by atoms with Crippen molar-refractivity contribution in [2.75, 3.05) is 26.4 Å². The van der Waals surface area contributed by atoms with Gasteiger partial charge in [-0.05, 0) is 70.6 Å². The minimum atomic E-state index is -4.74. The molecule has 0 rings (SSSR count). The van der Waals surface area contributed by atoms with E-state index in [0.717, 1.165) is 89.9 Å². The lowest BCUT2D eigenvalue weighted by atomic mass is 10.1. The van der Waals surface area contributed by atoms with Gasteiger partial charge in [0.2, 0.25) is 0 Å². The van der Waals surface area contributed by atoms with E-state index in [-0.39, 0.29) is 25.9 Å². The number of aliphatic hydroxyl groups is 1. The number of ether oxygens (including phenoxy) is 3. The Balaban J connectivity index is 4.68. The Morgan fingerprint density at radius 2 is 0.735 bits per heavy atom. The van der Waals surface area contributed by atoms with Crippen LogP contribution in [0.1, 0.15) is 265 Å². The standard InChI is InChI=1S/C56H103O11P/c1-4-7-10-13-16-19-22-23-24-25-26-27-28-29-32-35-38-41-44-47-56(60)67-53(49-63-54(58)45-42-39-36-33-30-20-17-14-11-8-5-2)51-65-68(61,62)64-50-52(48-57)66-55(59)46-43-40-37-34-31-21-18-15-12-9-6-3/h15-16,18-19,23-24,52-53,57H,4-14,17,20-22,25-51H2,1-3H3,(H,61,62)/b18-15-,19-16-,24-23-. The van der Waals surface area contributed by atoms with Crippen molar-refractivity contribution in [1.82, 2.24) is 0 Å². The summed E-state index contributed by atoms with van der Waals surface area (Å²) >= 11 is 0. The summed E-state index contributed by atoms with van der Waals surface area (Å²) in [6, 6.07) is 0. The van der Waals surface area contributed by atoms with E-state index in [2.05, 4.69) is 57.2 Å². The topological polar surface area (TPSA) is 155 Å². The molecule has 0 bridgehead atoms. The number of phosphoric ester groups is 1. The number of esters is 3. The zero-order valence-corrected chi connectivity index (χ0v) is 44.7. The summed E-state index contributed by atoms with van der Waals surface area (Å²) in [5.74, 6) is -1.46. The molecule has 2 N–H and O–H groups in total. The van der Waals surface area contributed by atoms with Crippen molar-refractivity contribution < 1.29 is 52.2 Å². The second-order valence-electron chi connectivity index (χ2n) is 18.7. The van der Waals surface area contributed by atoms with Crippen LogP contribution in [0, 0.1) is 0 Å². The molecule has 12 heteroatoms. The van der Waals surface area contributed by atoms with Crippen LogP contribution in [-0.4, -0.2) is 66.5 Å². The first-order valence-corrected chi connectivity index (χ1v) is 29.4. The molecule has 398 valence electrons. The Hall–Kier alpha value is -2.30. The van der Waals surface area contributed by atoms with Gasteiger partial charge < -0.3 is 24.2 Å². The molecular formula is C56H103O11P. The normalized spacial score (nSPS) is 13.7. The Morgan fingerprint density at radius 3 is 1.18 bits per heavy atom. The van der Waals surface area contributed by atoms with E-state index >= 15 is 0 Å². The van der Waals surface area contributed by atoms with Gasteiger partial charge in [-0.15, -0.1) is 0 Å². The van der Waals surface area contributed by atoms with Gasteiger partial charge in [-0.25, -0.2) is 4.57 Å². The number of allylic oxidation sites excluding steroid dienone is 6. The van der Waals surface area contributed by atoms with Gasteiger partial charge in [0.1, 0.15) is 12.7 Å². The highest BCUT2D eigenvalue weighted by Crippen LogP contribution is 2.43.